The second-order valence-corrected chi connectivity index (χ2v) is 12.7. The van der Waals surface area contributed by atoms with Gasteiger partial charge in [-0.3, -0.25) is 9.59 Å². The molecule has 0 aliphatic carbocycles. The molecule has 6 rings (SSSR count). The summed E-state index contributed by atoms with van der Waals surface area (Å²) in [7, 11) is 0. The molecule has 228 valence electrons. The molecule has 3 saturated heterocycles. The van der Waals surface area contributed by atoms with E-state index in [-0.39, 0.29) is 23.9 Å². The lowest BCUT2D eigenvalue weighted by molar-refractivity contribution is 0.0733. The Morgan fingerprint density at radius 3 is 2.60 bits per heavy atom. The van der Waals surface area contributed by atoms with Crippen molar-refractivity contribution in [3.05, 3.63) is 81.3 Å². The van der Waals surface area contributed by atoms with Crippen LogP contribution in [0.2, 0.25) is 0 Å². The Labute approximate surface area is 257 Å². The Kier molecular flexibility index (Phi) is 9.37. The molecular formula is C33H41N5O4S. The van der Waals surface area contributed by atoms with Crippen molar-refractivity contribution in [3.8, 4) is 0 Å². The maximum atomic E-state index is 14.1. The first-order valence-electron chi connectivity index (χ1n) is 15.4. The van der Waals surface area contributed by atoms with E-state index in [4.69, 9.17) is 4.74 Å². The smallest absolute Gasteiger partial charge is 0.254 e. The summed E-state index contributed by atoms with van der Waals surface area (Å²) in [6, 6.07) is 14.8. The molecule has 3 aliphatic rings. The summed E-state index contributed by atoms with van der Waals surface area (Å²) < 4.78 is 5.57. The van der Waals surface area contributed by atoms with Crippen LogP contribution in [0.5, 0.6) is 0 Å². The third-order valence-corrected chi connectivity index (χ3v) is 9.84. The predicted molar refractivity (Wildman–Crippen MR) is 168 cm³/mol. The van der Waals surface area contributed by atoms with Crippen LogP contribution in [0.1, 0.15) is 68.7 Å². The number of aryl methyl sites for hydroxylation is 1. The number of anilines is 1. The van der Waals surface area contributed by atoms with Crippen molar-refractivity contribution in [1.29, 1.82) is 0 Å². The molecule has 1 aromatic heterocycles. The van der Waals surface area contributed by atoms with Crippen molar-refractivity contribution < 1.29 is 19.4 Å². The van der Waals surface area contributed by atoms with Crippen LogP contribution in [-0.4, -0.2) is 84.4 Å². The summed E-state index contributed by atoms with van der Waals surface area (Å²) in [5, 5.41) is 20.9. The fraction of sp³-hybridized carbons (Fsp3) is 0.485. The highest BCUT2D eigenvalue weighted by Gasteiger charge is 2.34. The first-order chi connectivity index (χ1) is 21.0. The minimum absolute atomic E-state index is 0.0557. The number of carbonyl (C=O) groups excluding carboxylic acids is 2. The number of aliphatic hydroxyl groups excluding tert-OH is 1. The van der Waals surface area contributed by atoms with Crippen LogP contribution in [-0.2, 0) is 11.2 Å². The van der Waals surface area contributed by atoms with Gasteiger partial charge in [0.15, 0.2) is 0 Å². The molecule has 0 spiro atoms. The third-order valence-electron chi connectivity index (χ3n) is 8.78. The van der Waals surface area contributed by atoms with Crippen molar-refractivity contribution in [3.63, 3.8) is 0 Å². The van der Waals surface area contributed by atoms with E-state index in [2.05, 4.69) is 20.5 Å². The van der Waals surface area contributed by atoms with E-state index in [9.17, 15) is 14.7 Å². The van der Waals surface area contributed by atoms with Gasteiger partial charge in [-0.05, 0) is 69.3 Å². The van der Waals surface area contributed by atoms with Crippen LogP contribution in [0.4, 0.5) is 5.69 Å². The van der Waals surface area contributed by atoms with Crippen molar-refractivity contribution in [2.75, 3.05) is 44.3 Å². The number of likely N-dealkylation sites (tertiary alicyclic amines) is 1. The van der Waals surface area contributed by atoms with Crippen LogP contribution >= 0.6 is 11.3 Å². The fourth-order valence-electron chi connectivity index (χ4n) is 6.49. The molecule has 0 radical (unpaired) electrons. The molecule has 0 bridgehead atoms. The van der Waals surface area contributed by atoms with Gasteiger partial charge in [-0.25, -0.2) is 4.98 Å². The SMILES string of the molecule is Cc1csc(C2CCCN2C(=O)c2cc(C(=O)NC(Cc3ccccc3)C(O)C3CCCN3)cc(N3CCOCC3)c2)n1. The number of hydrogen-bond donors (Lipinski definition) is 3. The van der Waals surface area contributed by atoms with Crippen molar-refractivity contribution >= 4 is 28.8 Å². The van der Waals surface area contributed by atoms with E-state index in [1.165, 1.54) is 0 Å². The van der Waals surface area contributed by atoms with Gasteiger partial charge in [0.1, 0.15) is 5.01 Å². The first-order valence-corrected chi connectivity index (χ1v) is 16.3. The summed E-state index contributed by atoms with van der Waals surface area (Å²) in [5.74, 6) is -0.383. The monoisotopic (exact) mass is 603 g/mol. The van der Waals surface area contributed by atoms with E-state index >= 15 is 0 Å². The molecule has 2 aromatic carbocycles. The van der Waals surface area contributed by atoms with Gasteiger partial charge < -0.3 is 30.3 Å². The molecule has 43 heavy (non-hydrogen) atoms. The van der Waals surface area contributed by atoms with Gasteiger partial charge in [-0.1, -0.05) is 30.3 Å². The maximum absolute atomic E-state index is 14.1. The number of thiazole rings is 1. The summed E-state index contributed by atoms with van der Waals surface area (Å²) >= 11 is 1.60. The Morgan fingerprint density at radius 2 is 1.88 bits per heavy atom. The lowest BCUT2D eigenvalue weighted by atomic mass is 9.95. The van der Waals surface area contributed by atoms with E-state index < -0.39 is 12.1 Å². The van der Waals surface area contributed by atoms with E-state index in [1.807, 2.05) is 59.7 Å². The molecule has 3 fully saturated rings. The quantitative estimate of drug-likeness (QED) is 0.342. The van der Waals surface area contributed by atoms with Crippen LogP contribution < -0.4 is 15.5 Å². The number of benzene rings is 2. The Bertz CT molecular complexity index is 1400. The van der Waals surface area contributed by atoms with E-state index in [0.717, 1.165) is 54.2 Å². The molecule has 3 aromatic rings. The minimum Gasteiger partial charge on any atom is -0.389 e. The van der Waals surface area contributed by atoms with E-state index in [0.29, 0.717) is 50.4 Å². The van der Waals surface area contributed by atoms with Gasteiger partial charge in [0.25, 0.3) is 11.8 Å². The van der Waals surface area contributed by atoms with Crippen LogP contribution in [0.15, 0.2) is 53.9 Å². The summed E-state index contributed by atoms with van der Waals surface area (Å²) in [6.07, 6.45) is 3.41. The standard InChI is InChI=1S/C33H41N5O4S/c1-22-21-43-32(35-22)29-10-6-12-38(29)33(41)25-18-24(19-26(20-25)37-13-15-42-16-14-37)31(40)36-28(17-23-7-3-2-4-8-23)30(39)27-9-5-11-34-27/h2-4,7-8,18-21,27-30,34,39H,5-6,9-17H2,1H3,(H,36,40). The number of amides is 2. The number of rotatable bonds is 9. The first kappa shape index (κ1) is 29.7. The van der Waals surface area contributed by atoms with Gasteiger partial charge in [0.05, 0.1) is 31.4 Å². The zero-order valence-electron chi connectivity index (χ0n) is 24.7. The number of nitrogens with one attached hydrogen (secondary N) is 2. The highest BCUT2D eigenvalue weighted by Crippen LogP contribution is 2.35. The van der Waals surface area contributed by atoms with Gasteiger partial charge in [0, 0.05) is 53.6 Å². The fourth-order valence-corrected chi connectivity index (χ4v) is 7.43. The normalized spacial score (nSPS) is 22.0. The molecule has 0 saturated carbocycles. The number of morpholine rings is 1. The molecule has 4 unspecified atom stereocenters. The number of ether oxygens (including phenoxy) is 1. The molecular weight excluding hydrogens is 562 g/mol. The Hall–Kier alpha value is -3.31. The molecule has 3 N–H and O–H groups in total. The van der Waals surface area contributed by atoms with Crippen LogP contribution in [0.25, 0.3) is 0 Å². The lowest BCUT2D eigenvalue weighted by Crippen LogP contribution is -2.52. The Morgan fingerprint density at radius 1 is 1.09 bits per heavy atom. The second-order valence-electron chi connectivity index (χ2n) is 11.8. The second kappa shape index (κ2) is 13.5. The number of carbonyl (C=O) groups is 2. The third kappa shape index (κ3) is 6.93. The lowest BCUT2D eigenvalue weighted by Gasteiger charge is -2.31. The summed E-state index contributed by atoms with van der Waals surface area (Å²) in [6.45, 7) is 6.05. The van der Waals surface area contributed by atoms with E-state index in [1.54, 1.807) is 17.4 Å². The van der Waals surface area contributed by atoms with Crippen LogP contribution in [0, 0.1) is 6.92 Å². The van der Waals surface area contributed by atoms with Crippen LogP contribution in [0.3, 0.4) is 0 Å². The molecule has 3 aliphatic heterocycles. The van der Waals surface area contributed by atoms with Gasteiger partial charge in [0.2, 0.25) is 0 Å². The predicted octanol–water partition coefficient (Wildman–Crippen LogP) is 3.72. The maximum Gasteiger partial charge on any atom is 0.254 e. The number of hydrogen-bond acceptors (Lipinski definition) is 8. The largest absolute Gasteiger partial charge is 0.389 e. The molecule has 9 nitrogen and oxygen atoms in total. The molecule has 4 heterocycles. The van der Waals surface area contributed by atoms with Crippen molar-refractivity contribution in [1.82, 2.24) is 20.5 Å². The van der Waals surface area contributed by atoms with Gasteiger partial charge in [-0.2, -0.15) is 0 Å². The highest BCUT2D eigenvalue weighted by molar-refractivity contribution is 7.09. The zero-order chi connectivity index (χ0) is 29.8. The highest BCUT2D eigenvalue weighted by atomic mass is 32.1. The molecule has 4 atom stereocenters. The summed E-state index contributed by atoms with van der Waals surface area (Å²) in [4.78, 5) is 36.8. The van der Waals surface area contributed by atoms with Crippen molar-refractivity contribution in [2.45, 2.75) is 63.3 Å². The average Bonchev–Trinajstić information content (AvgIpc) is 3.83. The van der Waals surface area contributed by atoms with Gasteiger partial charge in [-0.15, -0.1) is 11.3 Å². The molecule has 10 heteroatoms. The topological polar surface area (TPSA) is 107 Å². The zero-order valence-corrected chi connectivity index (χ0v) is 25.5. The number of nitrogens with zero attached hydrogens (tertiary/aromatic N) is 3. The number of aromatic nitrogens is 1. The Balaban J connectivity index is 1.29. The van der Waals surface area contributed by atoms with Gasteiger partial charge >= 0.3 is 0 Å². The molecule has 2 amide bonds. The van der Waals surface area contributed by atoms with Crippen molar-refractivity contribution in [2.24, 2.45) is 0 Å². The minimum atomic E-state index is -0.748. The number of aliphatic hydroxyl groups is 1. The summed E-state index contributed by atoms with van der Waals surface area (Å²) in [5.41, 5.74) is 3.75. The average molecular weight is 604 g/mol.